The maximum absolute atomic E-state index is 10.5. The van der Waals surface area contributed by atoms with Crippen molar-refractivity contribution >= 4 is 5.97 Å². The number of carboxylic acid groups (broad SMARTS) is 1. The lowest BCUT2D eigenvalue weighted by Crippen LogP contribution is -2.43. The van der Waals surface area contributed by atoms with Crippen LogP contribution in [-0.4, -0.2) is 68.7 Å². The molecule has 0 saturated heterocycles. The van der Waals surface area contributed by atoms with Crippen LogP contribution in [0, 0.1) is 0 Å². The summed E-state index contributed by atoms with van der Waals surface area (Å²) in [5.41, 5.74) is 0. The van der Waals surface area contributed by atoms with Gasteiger partial charge in [-0.3, -0.25) is 0 Å². The number of nitrogens with zero attached hydrogens (tertiary/aromatic N) is 1. The summed E-state index contributed by atoms with van der Waals surface area (Å²) < 4.78 is 37.9. The molecule has 0 heterocycles. The lowest BCUT2D eigenvalue weighted by Gasteiger charge is -2.29. The molecule has 0 aliphatic rings. The monoisotopic (exact) mass is 359 g/mol. The molecule has 0 unspecified atom stereocenters. The maximum atomic E-state index is 10.5. The molecule has 5 nitrogen and oxygen atoms in total. The first-order valence-corrected chi connectivity index (χ1v) is 8.35. The third-order valence-electron chi connectivity index (χ3n) is 3.43. The fourth-order valence-corrected chi connectivity index (χ4v) is 1.91. The highest BCUT2D eigenvalue weighted by Crippen LogP contribution is 2.11. The molecular weight excluding hydrogens is 327 g/mol. The van der Waals surface area contributed by atoms with E-state index in [1.165, 1.54) is 45.1 Å². The van der Waals surface area contributed by atoms with Crippen molar-refractivity contribution in [2.24, 2.45) is 0 Å². The van der Waals surface area contributed by atoms with E-state index in [1.54, 1.807) is 0 Å². The largest absolute Gasteiger partial charge is 0.542 e. The molecule has 0 bridgehead atoms. The molecule has 0 atom stereocenters. The number of ether oxygens (including phenoxy) is 1. The summed E-state index contributed by atoms with van der Waals surface area (Å²) in [5.74, 6) is -3.01. The van der Waals surface area contributed by atoms with Gasteiger partial charge in [-0.25, -0.2) is 0 Å². The van der Waals surface area contributed by atoms with Crippen LogP contribution in [0.15, 0.2) is 0 Å². The van der Waals surface area contributed by atoms with Gasteiger partial charge in [-0.1, -0.05) is 32.6 Å². The van der Waals surface area contributed by atoms with Gasteiger partial charge in [-0.2, -0.15) is 13.2 Å². The normalized spacial score (nSPS) is 11.8. The van der Waals surface area contributed by atoms with Gasteiger partial charge in [0.2, 0.25) is 0 Å². The van der Waals surface area contributed by atoms with Crippen LogP contribution in [0.1, 0.15) is 45.4 Å². The molecule has 0 radical (unpaired) electrons. The highest BCUT2D eigenvalue weighted by Gasteiger charge is 2.28. The number of rotatable bonds is 12. The van der Waals surface area contributed by atoms with E-state index in [-0.39, 0.29) is 6.61 Å². The molecule has 0 aromatic rings. The number of likely N-dealkylation sites (N-methyl/N-ethyl adjacent to an activating group) is 1. The average molecular weight is 359 g/mol. The summed E-state index contributed by atoms with van der Waals surface area (Å²) in [6.07, 6.45) is 2.96. The third-order valence-corrected chi connectivity index (χ3v) is 3.43. The summed E-state index contributed by atoms with van der Waals surface area (Å²) in [7, 11) is 4.52. The number of carbonyl (C=O) groups excluding carboxylic acids is 1. The Hall–Kier alpha value is -0.860. The van der Waals surface area contributed by atoms with E-state index in [0.717, 1.165) is 17.6 Å². The van der Waals surface area contributed by atoms with E-state index < -0.39 is 12.1 Å². The molecule has 1 N–H and O–H groups in total. The Labute approximate surface area is 143 Å². The Kier molecular flexibility index (Phi) is 15.3. The van der Waals surface area contributed by atoms with E-state index in [0.29, 0.717) is 6.61 Å². The molecule has 0 amide bonds. The molecule has 0 rings (SSSR count). The molecule has 8 heteroatoms. The van der Waals surface area contributed by atoms with Gasteiger partial charge in [0.05, 0.1) is 40.5 Å². The standard InChI is InChI=1S/C14H32NO2.C2HF3O2/c1-4-5-6-7-8-9-10-15(2,3)11-13-17-14-12-16;3-2(4,5)1(6)7/h16H,4-14H2,1-3H3;(H,6,7)/q+1;/p-1. The minimum atomic E-state index is -5.19. The van der Waals surface area contributed by atoms with Crippen LogP contribution >= 0.6 is 0 Å². The highest BCUT2D eigenvalue weighted by molar-refractivity contribution is 5.70. The Morgan fingerprint density at radius 1 is 1.04 bits per heavy atom. The second-order valence-electron chi connectivity index (χ2n) is 6.27. The molecule has 0 fully saturated rings. The first-order chi connectivity index (χ1) is 11.1. The van der Waals surface area contributed by atoms with E-state index in [2.05, 4.69) is 21.0 Å². The van der Waals surface area contributed by atoms with Gasteiger partial charge in [0.1, 0.15) is 12.5 Å². The van der Waals surface area contributed by atoms with Crippen LogP contribution in [0.5, 0.6) is 0 Å². The lowest BCUT2D eigenvalue weighted by molar-refractivity contribution is -0.891. The lowest BCUT2D eigenvalue weighted by atomic mass is 10.1. The summed E-state index contributed by atoms with van der Waals surface area (Å²) in [6, 6.07) is 0. The molecule has 146 valence electrons. The van der Waals surface area contributed by atoms with E-state index >= 15 is 0 Å². The predicted octanol–water partition coefficient (Wildman–Crippen LogP) is 1.73. The van der Waals surface area contributed by atoms with Crippen molar-refractivity contribution in [3.8, 4) is 0 Å². The number of unbranched alkanes of at least 4 members (excludes halogenated alkanes) is 5. The SMILES string of the molecule is CCCCCCCC[N+](C)(C)CCOCCO.O=C([O-])C(F)(F)F. The number of aliphatic hydroxyl groups excluding tert-OH is 1. The predicted molar refractivity (Wildman–Crippen MR) is 84.2 cm³/mol. The van der Waals surface area contributed by atoms with E-state index in [1.807, 2.05) is 0 Å². The van der Waals surface area contributed by atoms with Crippen LogP contribution in [0.2, 0.25) is 0 Å². The summed E-state index contributed by atoms with van der Waals surface area (Å²) >= 11 is 0. The number of hydrogen-bond acceptors (Lipinski definition) is 4. The Balaban J connectivity index is 0. The molecule has 0 spiro atoms. The number of aliphatic hydroxyl groups is 1. The number of halogens is 3. The maximum Gasteiger partial charge on any atom is 0.430 e. The van der Waals surface area contributed by atoms with Crippen LogP contribution in [0.4, 0.5) is 13.2 Å². The van der Waals surface area contributed by atoms with Crippen molar-refractivity contribution in [2.75, 3.05) is 47.0 Å². The first kappa shape index (κ1) is 25.4. The molecule has 24 heavy (non-hydrogen) atoms. The van der Waals surface area contributed by atoms with Crippen molar-refractivity contribution in [1.29, 1.82) is 0 Å². The Bertz CT molecular complexity index is 310. The number of alkyl halides is 3. The molecule has 0 aliphatic heterocycles. The van der Waals surface area contributed by atoms with Crippen molar-refractivity contribution in [2.45, 2.75) is 51.6 Å². The number of carbonyl (C=O) groups is 1. The highest BCUT2D eigenvalue weighted by atomic mass is 19.4. The number of quaternary nitrogens is 1. The van der Waals surface area contributed by atoms with Crippen molar-refractivity contribution in [3.63, 3.8) is 0 Å². The third kappa shape index (κ3) is 19.2. The zero-order chi connectivity index (χ0) is 19.1. The number of hydrogen-bond donors (Lipinski definition) is 1. The zero-order valence-corrected chi connectivity index (χ0v) is 15.0. The summed E-state index contributed by atoms with van der Waals surface area (Å²) in [5, 5.41) is 17.4. The topological polar surface area (TPSA) is 69.6 Å². The van der Waals surface area contributed by atoms with Gasteiger partial charge >= 0.3 is 6.18 Å². The van der Waals surface area contributed by atoms with Crippen molar-refractivity contribution in [3.05, 3.63) is 0 Å². The fraction of sp³-hybridized carbons (Fsp3) is 0.938. The van der Waals surface area contributed by atoms with Crippen LogP contribution in [0.3, 0.4) is 0 Å². The molecule has 0 aromatic heterocycles. The van der Waals surface area contributed by atoms with Crippen LogP contribution < -0.4 is 5.11 Å². The first-order valence-electron chi connectivity index (χ1n) is 8.35. The van der Waals surface area contributed by atoms with Gasteiger partial charge in [-0.05, 0) is 12.8 Å². The minimum absolute atomic E-state index is 0.130. The van der Waals surface area contributed by atoms with Gasteiger partial charge in [0.15, 0.2) is 0 Å². The van der Waals surface area contributed by atoms with Gasteiger partial charge in [-0.15, -0.1) is 0 Å². The van der Waals surface area contributed by atoms with Crippen molar-refractivity contribution in [1.82, 2.24) is 0 Å². The molecule has 0 aliphatic carbocycles. The molecule has 0 saturated carbocycles. The van der Waals surface area contributed by atoms with Gasteiger partial charge < -0.3 is 24.2 Å². The second-order valence-corrected chi connectivity index (χ2v) is 6.27. The van der Waals surface area contributed by atoms with E-state index in [9.17, 15) is 13.2 Å². The summed E-state index contributed by atoms with van der Waals surface area (Å²) in [4.78, 5) is 8.78. The van der Waals surface area contributed by atoms with Gasteiger partial charge in [0, 0.05) is 0 Å². The van der Waals surface area contributed by atoms with Crippen LogP contribution in [-0.2, 0) is 9.53 Å². The minimum Gasteiger partial charge on any atom is -0.542 e. The number of aliphatic carboxylic acids is 1. The van der Waals surface area contributed by atoms with Crippen molar-refractivity contribution < 1.29 is 37.4 Å². The Morgan fingerprint density at radius 3 is 2.00 bits per heavy atom. The quantitative estimate of drug-likeness (QED) is 0.426. The fourth-order valence-electron chi connectivity index (χ4n) is 1.91. The average Bonchev–Trinajstić information content (AvgIpc) is 2.47. The number of carboxylic acids is 1. The molecular formula is C16H32F3NO4. The van der Waals surface area contributed by atoms with Gasteiger partial charge in [0.25, 0.3) is 0 Å². The smallest absolute Gasteiger partial charge is 0.430 e. The van der Waals surface area contributed by atoms with Crippen LogP contribution in [0.25, 0.3) is 0 Å². The zero-order valence-electron chi connectivity index (χ0n) is 15.0. The second kappa shape index (κ2) is 14.5. The summed E-state index contributed by atoms with van der Waals surface area (Å²) in [6.45, 7) is 5.88. The Morgan fingerprint density at radius 2 is 1.54 bits per heavy atom. The molecule has 0 aromatic carbocycles. The van der Waals surface area contributed by atoms with E-state index in [4.69, 9.17) is 19.7 Å².